The summed E-state index contributed by atoms with van der Waals surface area (Å²) in [7, 11) is 0. The van der Waals surface area contributed by atoms with Crippen molar-refractivity contribution in [3.05, 3.63) is 23.3 Å². The molecule has 0 aromatic carbocycles. The molecule has 0 aromatic heterocycles. The van der Waals surface area contributed by atoms with E-state index < -0.39 is 11.6 Å². The predicted octanol–water partition coefficient (Wildman–Crippen LogP) is 3.19. The van der Waals surface area contributed by atoms with Crippen LogP contribution in [0, 0.1) is 5.41 Å². The van der Waals surface area contributed by atoms with Gasteiger partial charge < -0.3 is 18.9 Å². The van der Waals surface area contributed by atoms with Gasteiger partial charge in [-0.1, -0.05) is 19.9 Å². The maximum Gasteiger partial charge on any atom is 0.189 e. The molecule has 1 aliphatic carbocycles. The van der Waals surface area contributed by atoms with Gasteiger partial charge in [-0.15, -0.1) is 0 Å². The highest BCUT2D eigenvalue weighted by atomic mass is 16.7. The zero-order valence-electron chi connectivity index (χ0n) is 13.5. The molecule has 0 unspecified atom stereocenters. The fraction of sp³-hybridized carbons (Fsp3) is 0.765. The maximum absolute atomic E-state index is 5.86. The third kappa shape index (κ3) is 2.95. The number of rotatable bonds is 2. The van der Waals surface area contributed by atoms with Gasteiger partial charge in [-0.05, 0) is 36.5 Å². The number of hydrogen-bond donors (Lipinski definition) is 0. The van der Waals surface area contributed by atoms with Crippen molar-refractivity contribution < 1.29 is 18.9 Å². The number of hydrogen-bond acceptors (Lipinski definition) is 4. The zero-order chi connectivity index (χ0) is 15.1. The molecule has 2 heterocycles. The molecule has 2 aliphatic heterocycles. The van der Waals surface area contributed by atoms with Gasteiger partial charge in [0, 0.05) is 12.8 Å². The molecular weight excluding hydrogens is 268 g/mol. The molecule has 0 radical (unpaired) electrons. The van der Waals surface area contributed by atoms with Crippen LogP contribution in [0.4, 0.5) is 0 Å². The van der Waals surface area contributed by atoms with Gasteiger partial charge in [0.25, 0.3) is 0 Å². The molecule has 1 spiro atoms. The van der Waals surface area contributed by atoms with Crippen molar-refractivity contribution in [3.63, 3.8) is 0 Å². The lowest BCUT2D eigenvalue weighted by Crippen LogP contribution is -2.39. The van der Waals surface area contributed by atoms with Crippen LogP contribution in [0.3, 0.4) is 0 Å². The van der Waals surface area contributed by atoms with Crippen molar-refractivity contribution in [2.75, 3.05) is 26.4 Å². The van der Waals surface area contributed by atoms with Gasteiger partial charge in [0.1, 0.15) is 0 Å². The van der Waals surface area contributed by atoms with E-state index >= 15 is 0 Å². The van der Waals surface area contributed by atoms with Crippen LogP contribution in [-0.2, 0) is 18.9 Å². The van der Waals surface area contributed by atoms with E-state index in [2.05, 4.69) is 32.9 Å². The summed E-state index contributed by atoms with van der Waals surface area (Å²) in [5.41, 5.74) is 2.58. The van der Waals surface area contributed by atoms with Gasteiger partial charge in [0.15, 0.2) is 11.6 Å². The number of allylic oxidation sites excluding steroid dienone is 2. The minimum Gasteiger partial charge on any atom is -0.348 e. The Morgan fingerprint density at radius 1 is 1.00 bits per heavy atom. The minimum absolute atomic E-state index is 0.0120. The van der Waals surface area contributed by atoms with Crippen LogP contribution in [0.2, 0.25) is 0 Å². The molecule has 118 valence electrons. The molecule has 0 saturated carbocycles. The highest BCUT2D eigenvalue weighted by Crippen LogP contribution is 2.48. The third-order valence-corrected chi connectivity index (χ3v) is 4.63. The van der Waals surface area contributed by atoms with E-state index in [4.69, 9.17) is 18.9 Å². The lowest BCUT2D eigenvalue weighted by atomic mass is 9.70. The van der Waals surface area contributed by atoms with Crippen molar-refractivity contribution >= 4 is 0 Å². The van der Waals surface area contributed by atoms with Gasteiger partial charge >= 0.3 is 0 Å². The topological polar surface area (TPSA) is 36.9 Å². The molecule has 21 heavy (non-hydrogen) atoms. The molecule has 4 heteroatoms. The van der Waals surface area contributed by atoms with E-state index in [0.717, 1.165) is 12.8 Å². The van der Waals surface area contributed by atoms with Gasteiger partial charge in [-0.25, -0.2) is 0 Å². The van der Waals surface area contributed by atoms with Crippen LogP contribution in [0.5, 0.6) is 0 Å². The van der Waals surface area contributed by atoms with Crippen molar-refractivity contribution in [2.45, 2.75) is 52.1 Å². The van der Waals surface area contributed by atoms with Crippen molar-refractivity contribution in [1.29, 1.82) is 0 Å². The highest BCUT2D eigenvalue weighted by molar-refractivity contribution is 5.40. The lowest BCUT2D eigenvalue weighted by molar-refractivity contribution is -0.141. The summed E-state index contributed by atoms with van der Waals surface area (Å²) in [6.45, 7) is 11.4. The first-order valence-electron chi connectivity index (χ1n) is 7.81. The third-order valence-electron chi connectivity index (χ3n) is 4.63. The van der Waals surface area contributed by atoms with Crippen LogP contribution in [0.15, 0.2) is 23.3 Å². The van der Waals surface area contributed by atoms with Crippen LogP contribution in [0.1, 0.15) is 40.5 Å². The first-order valence-corrected chi connectivity index (χ1v) is 7.81. The van der Waals surface area contributed by atoms with Crippen molar-refractivity contribution in [3.8, 4) is 0 Å². The Morgan fingerprint density at radius 2 is 1.57 bits per heavy atom. The molecule has 0 N–H and O–H groups in total. The summed E-state index contributed by atoms with van der Waals surface area (Å²) in [5, 5.41) is 0. The monoisotopic (exact) mass is 294 g/mol. The molecular formula is C17H26O4. The highest BCUT2D eigenvalue weighted by Gasteiger charge is 2.45. The molecule has 4 nitrogen and oxygen atoms in total. The van der Waals surface area contributed by atoms with E-state index in [1.165, 1.54) is 11.1 Å². The second-order valence-corrected chi connectivity index (χ2v) is 7.05. The zero-order valence-corrected chi connectivity index (χ0v) is 13.5. The second kappa shape index (κ2) is 5.20. The predicted molar refractivity (Wildman–Crippen MR) is 79.8 cm³/mol. The molecule has 0 atom stereocenters. The lowest BCUT2D eigenvalue weighted by Gasteiger charge is -2.41. The van der Waals surface area contributed by atoms with Crippen molar-refractivity contribution in [1.82, 2.24) is 0 Å². The molecule has 2 saturated heterocycles. The van der Waals surface area contributed by atoms with E-state index in [9.17, 15) is 0 Å². The number of ether oxygens (including phenoxy) is 4. The molecule has 3 aliphatic rings. The Kier molecular flexibility index (Phi) is 3.77. The fourth-order valence-corrected chi connectivity index (χ4v) is 3.76. The van der Waals surface area contributed by atoms with E-state index in [1.54, 1.807) is 0 Å². The molecule has 0 aromatic rings. The second-order valence-electron chi connectivity index (χ2n) is 7.05. The Labute approximate surface area is 127 Å². The Bertz CT molecular complexity index is 463. The SMILES string of the molecule is CC1=CC2(CC(C)(C)/C1=C\CC1(C)OCCO1)OCCO2. The van der Waals surface area contributed by atoms with Crippen LogP contribution in [-0.4, -0.2) is 38.0 Å². The van der Waals surface area contributed by atoms with Crippen LogP contribution in [0.25, 0.3) is 0 Å². The summed E-state index contributed by atoms with van der Waals surface area (Å²) in [6, 6.07) is 0. The van der Waals surface area contributed by atoms with Crippen LogP contribution >= 0.6 is 0 Å². The van der Waals surface area contributed by atoms with Crippen LogP contribution < -0.4 is 0 Å². The smallest absolute Gasteiger partial charge is 0.189 e. The van der Waals surface area contributed by atoms with E-state index in [1.807, 2.05) is 6.92 Å². The first-order chi connectivity index (χ1) is 9.84. The molecule has 3 rings (SSSR count). The standard InChI is InChI=1S/C17H26O4/c1-13-11-17(20-9-10-21-17)12-15(2,3)14(13)5-6-16(4)18-7-8-19-16/h5,11H,6-10,12H2,1-4H3/b14-5-. The molecule has 0 bridgehead atoms. The van der Waals surface area contributed by atoms with Crippen molar-refractivity contribution in [2.24, 2.45) is 5.41 Å². The quantitative estimate of drug-likeness (QED) is 0.784. The van der Waals surface area contributed by atoms with E-state index in [-0.39, 0.29) is 5.41 Å². The summed E-state index contributed by atoms with van der Waals surface area (Å²) >= 11 is 0. The molecule has 2 fully saturated rings. The summed E-state index contributed by atoms with van der Waals surface area (Å²) in [5.74, 6) is -0.992. The summed E-state index contributed by atoms with van der Waals surface area (Å²) in [6.07, 6.45) is 6.02. The minimum atomic E-state index is -0.519. The Balaban J connectivity index is 1.84. The largest absolute Gasteiger partial charge is 0.348 e. The maximum atomic E-state index is 5.86. The Hall–Kier alpha value is -0.680. The Morgan fingerprint density at radius 3 is 2.14 bits per heavy atom. The summed E-state index contributed by atoms with van der Waals surface area (Å²) < 4.78 is 23.1. The van der Waals surface area contributed by atoms with Gasteiger partial charge in [0.05, 0.1) is 26.4 Å². The van der Waals surface area contributed by atoms with Gasteiger partial charge in [-0.3, -0.25) is 0 Å². The summed E-state index contributed by atoms with van der Waals surface area (Å²) in [4.78, 5) is 0. The average Bonchev–Trinajstić information content (AvgIpc) is 2.97. The fourth-order valence-electron chi connectivity index (χ4n) is 3.76. The van der Waals surface area contributed by atoms with Gasteiger partial charge in [-0.2, -0.15) is 0 Å². The van der Waals surface area contributed by atoms with E-state index in [0.29, 0.717) is 26.4 Å². The average molecular weight is 294 g/mol. The molecule has 0 amide bonds. The normalized spacial score (nSPS) is 31.8. The van der Waals surface area contributed by atoms with Gasteiger partial charge in [0.2, 0.25) is 0 Å². The first kappa shape index (κ1) is 15.2.